The minimum atomic E-state index is 0.822. The Morgan fingerprint density at radius 1 is 1.08 bits per heavy atom. The zero-order valence-electron chi connectivity index (χ0n) is 14.5. The third-order valence-electron chi connectivity index (χ3n) is 4.40. The number of anilines is 3. The van der Waals surface area contributed by atoms with Gasteiger partial charge in [-0.25, -0.2) is 4.98 Å². The molecule has 1 aliphatic heterocycles. The van der Waals surface area contributed by atoms with Gasteiger partial charge in [-0.1, -0.05) is 22.9 Å². The van der Waals surface area contributed by atoms with E-state index in [0.29, 0.717) is 0 Å². The molecular formula is C18H24BrN5. The molecule has 24 heavy (non-hydrogen) atoms. The van der Waals surface area contributed by atoms with Crippen LogP contribution in [-0.4, -0.2) is 47.6 Å². The molecule has 2 aromatic rings. The summed E-state index contributed by atoms with van der Waals surface area (Å²) in [6.45, 7) is 11.5. The largest absolute Gasteiger partial charge is 0.340 e. The fourth-order valence-corrected chi connectivity index (χ4v) is 3.40. The summed E-state index contributed by atoms with van der Waals surface area (Å²) >= 11 is 3.50. The van der Waals surface area contributed by atoms with Gasteiger partial charge in [0.2, 0.25) is 5.95 Å². The molecule has 5 nitrogen and oxygen atoms in total. The first-order valence-corrected chi connectivity index (χ1v) is 9.20. The van der Waals surface area contributed by atoms with Gasteiger partial charge in [-0.15, -0.1) is 0 Å². The second kappa shape index (κ2) is 7.49. The molecule has 0 amide bonds. The summed E-state index contributed by atoms with van der Waals surface area (Å²) in [5.74, 6) is 1.67. The van der Waals surface area contributed by atoms with Gasteiger partial charge in [0.25, 0.3) is 0 Å². The molecule has 0 spiro atoms. The number of likely N-dealkylation sites (N-methyl/N-ethyl adjacent to an activating group) is 1. The molecule has 0 atom stereocenters. The van der Waals surface area contributed by atoms with Crippen LogP contribution in [0.5, 0.6) is 0 Å². The van der Waals surface area contributed by atoms with Crippen LogP contribution in [0.15, 0.2) is 28.7 Å². The molecule has 2 heterocycles. The van der Waals surface area contributed by atoms with E-state index in [1.54, 1.807) is 0 Å². The van der Waals surface area contributed by atoms with E-state index in [9.17, 15) is 0 Å². The Balaban J connectivity index is 1.79. The predicted octanol–water partition coefficient (Wildman–Crippen LogP) is 3.74. The van der Waals surface area contributed by atoms with E-state index in [1.165, 1.54) is 5.56 Å². The van der Waals surface area contributed by atoms with Crippen molar-refractivity contribution < 1.29 is 0 Å². The first-order chi connectivity index (χ1) is 11.5. The molecule has 1 aromatic heterocycles. The summed E-state index contributed by atoms with van der Waals surface area (Å²) in [4.78, 5) is 14.1. The van der Waals surface area contributed by atoms with Crippen LogP contribution in [0.1, 0.15) is 18.2 Å². The van der Waals surface area contributed by atoms with Crippen LogP contribution in [0.3, 0.4) is 0 Å². The van der Waals surface area contributed by atoms with Crippen molar-refractivity contribution in [1.29, 1.82) is 0 Å². The van der Waals surface area contributed by atoms with Crippen molar-refractivity contribution in [3.8, 4) is 0 Å². The van der Waals surface area contributed by atoms with E-state index in [2.05, 4.69) is 62.0 Å². The lowest BCUT2D eigenvalue weighted by molar-refractivity contribution is 0.270. The van der Waals surface area contributed by atoms with E-state index in [0.717, 1.165) is 60.3 Å². The van der Waals surface area contributed by atoms with Crippen molar-refractivity contribution >= 4 is 33.4 Å². The van der Waals surface area contributed by atoms with Gasteiger partial charge in [0.15, 0.2) is 0 Å². The summed E-state index contributed by atoms with van der Waals surface area (Å²) in [6, 6.07) is 8.19. The molecule has 3 rings (SSSR count). The molecule has 0 bridgehead atoms. The van der Waals surface area contributed by atoms with Crippen LogP contribution < -0.4 is 10.2 Å². The Kier molecular flexibility index (Phi) is 5.36. The van der Waals surface area contributed by atoms with Crippen molar-refractivity contribution in [1.82, 2.24) is 14.9 Å². The van der Waals surface area contributed by atoms with Crippen LogP contribution in [-0.2, 0) is 0 Å². The number of rotatable bonds is 4. The first-order valence-electron chi connectivity index (χ1n) is 8.41. The van der Waals surface area contributed by atoms with Gasteiger partial charge in [0, 0.05) is 48.1 Å². The molecule has 6 heteroatoms. The molecule has 1 aromatic carbocycles. The summed E-state index contributed by atoms with van der Waals surface area (Å²) < 4.78 is 1.08. The summed E-state index contributed by atoms with van der Waals surface area (Å²) in [6.07, 6.45) is 0. The van der Waals surface area contributed by atoms with Crippen molar-refractivity contribution in [2.24, 2.45) is 0 Å². The van der Waals surface area contributed by atoms with Crippen LogP contribution in [0.2, 0.25) is 0 Å². The van der Waals surface area contributed by atoms with Gasteiger partial charge < -0.3 is 15.1 Å². The molecule has 0 radical (unpaired) electrons. The van der Waals surface area contributed by atoms with Crippen molar-refractivity contribution in [2.45, 2.75) is 20.8 Å². The van der Waals surface area contributed by atoms with Gasteiger partial charge in [-0.2, -0.15) is 4.98 Å². The highest BCUT2D eigenvalue weighted by atomic mass is 79.9. The molecule has 1 saturated heterocycles. The quantitative estimate of drug-likeness (QED) is 0.862. The number of piperazine rings is 1. The van der Waals surface area contributed by atoms with E-state index < -0.39 is 0 Å². The van der Waals surface area contributed by atoms with E-state index in [1.807, 2.05) is 19.1 Å². The molecule has 0 unspecified atom stereocenters. The maximum atomic E-state index is 4.74. The number of aryl methyl sites for hydroxylation is 2. The van der Waals surface area contributed by atoms with Gasteiger partial charge in [-0.3, -0.25) is 0 Å². The highest BCUT2D eigenvalue weighted by molar-refractivity contribution is 9.10. The van der Waals surface area contributed by atoms with Crippen LogP contribution in [0, 0.1) is 13.8 Å². The minimum absolute atomic E-state index is 0.822. The molecule has 0 saturated carbocycles. The summed E-state index contributed by atoms with van der Waals surface area (Å²) in [7, 11) is 0. The maximum Gasteiger partial charge on any atom is 0.227 e. The Hall–Kier alpha value is -1.66. The predicted molar refractivity (Wildman–Crippen MR) is 103 cm³/mol. The van der Waals surface area contributed by atoms with E-state index in [-0.39, 0.29) is 0 Å². The second-order valence-electron chi connectivity index (χ2n) is 6.20. The number of halogens is 1. The number of hydrogen-bond donors (Lipinski definition) is 1. The molecule has 0 aliphatic carbocycles. The molecule has 128 valence electrons. The van der Waals surface area contributed by atoms with Gasteiger partial charge in [0.05, 0.1) is 0 Å². The van der Waals surface area contributed by atoms with Gasteiger partial charge in [-0.05, 0) is 44.2 Å². The topological polar surface area (TPSA) is 44.3 Å². The lowest BCUT2D eigenvalue weighted by Gasteiger charge is -2.34. The molecule has 1 fully saturated rings. The molecular weight excluding hydrogens is 366 g/mol. The Morgan fingerprint density at radius 2 is 1.83 bits per heavy atom. The highest BCUT2D eigenvalue weighted by Crippen LogP contribution is 2.24. The molecule has 1 N–H and O–H groups in total. The SMILES string of the molecule is CCN1CCN(c2nc(C)cc(Nc3ccc(Br)cc3C)n2)CC1. The summed E-state index contributed by atoms with van der Waals surface area (Å²) in [5, 5.41) is 3.43. The fourth-order valence-electron chi connectivity index (χ4n) is 2.93. The standard InChI is InChI=1S/C18H24BrN5/c1-4-23-7-9-24(10-8-23)18-20-14(3)12-17(22-18)21-16-6-5-15(19)11-13(16)2/h5-6,11-12H,4,7-10H2,1-3H3,(H,20,21,22). The average molecular weight is 390 g/mol. The van der Waals surface area contributed by atoms with Gasteiger partial charge in [0.1, 0.15) is 5.82 Å². The van der Waals surface area contributed by atoms with Crippen LogP contribution in [0.25, 0.3) is 0 Å². The normalized spacial score (nSPS) is 15.6. The number of hydrogen-bond acceptors (Lipinski definition) is 5. The second-order valence-corrected chi connectivity index (χ2v) is 7.12. The van der Waals surface area contributed by atoms with Crippen molar-refractivity contribution in [2.75, 3.05) is 42.9 Å². The molecule has 1 aliphatic rings. The minimum Gasteiger partial charge on any atom is -0.340 e. The van der Waals surface area contributed by atoms with Gasteiger partial charge >= 0.3 is 0 Å². The zero-order chi connectivity index (χ0) is 17.1. The third kappa shape index (κ3) is 4.05. The lowest BCUT2D eigenvalue weighted by Crippen LogP contribution is -2.46. The zero-order valence-corrected chi connectivity index (χ0v) is 16.1. The first kappa shape index (κ1) is 17.2. The maximum absolute atomic E-state index is 4.74. The number of benzene rings is 1. The van der Waals surface area contributed by atoms with Crippen LogP contribution >= 0.6 is 15.9 Å². The van der Waals surface area contributed by atoms with Crippen molar-refractivity contribution in [3.63, 3.8) is 0 Å². The van der Waals surface area contributed by atoms with E-state index >= 15 is 0 Å². The Bertz CT molecular complexity index is 711. The average Bonchev–Trinajstić information content (AvgIpc) is 2.57. The fraction of sp³-hybridized carbons (Fsp3) is 0.444. The third-order valence-corrected chi connectivity index (χ3v) is 4.89. The Labute approximate surface area is 152 Å². The highest BCUT2D eigenvalue weighted by Gasteiger charge is 2.18. The van der Waals surface area contributed by atoms with Crippen molar-refractivity contribution in [3.05, 3.63) is 40.0 Å². The number of nitrogens with zero attached hydrogens (tertiary/aromatic N) is 4. The Morgan fingerprint density at radius 3 is 2.50 bits per heavy atom. The monoisotopic (exact) mass is 389 g/mol. The van der Waals surface area contributed by atoms with E-state index in [4.69, 9.17) is 4.98 Å². The number of nitrogens with one attached hydrogen (secondary N) is 1. The smallest absolute Gasteiger partial charge is 0.227 e. The lowest BCUT2D eigenvalue weighted by atomic mass is 10.2. The number of aromatic nitrogens is 2. The summed E-state index contributed by atoms with van der Waals surface area (Å²) in [5.41, 5.74) is 3.23. The van der Waals surface area contributed by atoms with Crippen LogP contribution in [0.4, 0.5) is 17.5 Å².